The first-order valence-corrected chi connectivity index (χ1v) is 7.72. The van der Waals surface area contributed by atoms with Gasteiger partial charge < -0.3 is 10.6 Å². The lowest BCUT2D eigenvalue weighted by atomic mass is 9.87. The second-order valence-corrected chi connectivity index (χ2v) is 6.09. The molecule has 1 fully saturated rings. The molecule has 4 heteroatoms. The highest BCUT2D eigenvalue weighted by atomic mass is 15.3. The van der Waals surface area contributed by atoms with E-state index in [1.807, 2.05) is 13.2 Å². The lowest BCUT2D eigenvalue weighted by Crippen LogP contribution is -2.18. The largest absolute Gasteiger partial charge is 0.383 e. The van der Waals surface area contributed by atoms with Gasteiger partial charge in [-0.2, -0.15) is 5.10 Å². The molecular formula is C17H24N4. The van der Waals surface area contributed by atoms with Gasteiger partial charge in [0.05, 0.1) is 6.20 Å². The first-order chi connectivity index (χ1) is 10.2. The maximum atomic E-state index is 6.18. The first-order valence-electron chi connectivity index (χ1n) is 7.72. The van der Waals surface area contributed by atoms with Crippen molar-refractivity contribution in [2.75, 3.05) is 25.9 Å². The predicted molar refractivity (Wildman–Crippen MR) is 87.1 cm³/mol. The van der Waals surface area contributed by atoms with Gasteiger partial charge in [-0.3, -0.25) is 4.68 Å². The fourth-order valence-electron chi connectivity index (χ4n) is 3.30. The number of hydrogen-bond acceptors (Lipinski definition) is 3. The zero-order valence-electron chi connectivity index (χ0n) is 12.9. The molecule has 21 heavy (non-hydrogen) atoms. The molecule has 4 nitrogen and oxygen atoms in total. The smallest absolute Gasteiger partial charge is 0.129 e. The van der Waals surface area contributed by atoms with Gasteiger partial charge in [0.15, 0.2) is 0 Å². The van der Waals surface area contributed by atoms with Gasteiger partial charge in [-0.05, 0) is 56.4 Å². The summed E-state index contributed by atoms with van der Waals surface area (Å²) >= 11 is 0. The van der Waals surface area contributed by atoms with Crippen LogP contribution in [0.4, 0.5) is 5.82 Å². The standard InChI is InChI=1S/C17H24N4/c1-20-10-5-6-13(9-11-20)14-7-3-4-8-15(14)16-12-19-21(2)17(16)18/h3-4,7-8,12-13H,5-6,9-11,18H2,1-2H3. The van der Waals surface area contributed by atoms with E-state index in [0.29, 0.717) is 5.92 Å². The minimum Gasteiger partial charge on any atom is -0.383 e. The number of nitrogens with two attached hydrogens (primary N) is 1. The minimum absolute atomic E-state index is 0.616. The Kier molecular flexibility index (Phi) is 3.97. The van der Waals surface area contributed by atoms with Crippen LogP contribution in [0.2, 0.25) is 0 Å². The number of nitrogens with zero attached hydrogens (tertiary/aromatic N) is 3. The lowest BCUT2D eigenvalue weighted by molar-refractivity contribution is 0.347. The number of aryl methyl sites for hydroxylation is 1. The van der Waals surface area contributed by atoms with Crippen LogP contribution in [0.5, 0.6) is 0 Å². The second-order valence-electron chi connectivity index (χ2n) is 6.09. The van der Waals surface area contributed by atoms with E-state index in [-0.39, 0.29) is 0 Å². The van der Waals surface area contributed by atoms with Crippen molar-refractivity contribution in [3.8, 4) is 11.1 Å². The van der Waals surface area contributed by atoms with Gasteiger partial charge in [-0.25, -0.2) is 0 Å². The molecule has 1 atom stereocenters. The quantitative estimate of drug-likeness (QED) is 0.922. The van der Waals surface area contributed by atoms with Crippen molar-refractivity contribution in [3.63, 3.8) is 0 Å². The van der Waals surface area contributed by atoms with E-state index in [2.05, 4.69) is 41.3 Å². The Hall–Kier alpha value is -1.81. The van der Waals surface area contributed by atoms with Gasteiger partial charge in [0.2, 0.25) is 0 Å². The predicted octanol–water partition coefficient (Wildman–Crippen LogP) is 2.87. The Balaban J connectivity index is 1.98. The lowest BCUT2D eigenvalue weighted by Gasteiger charge is -2.19. The molecule has 2 heterocycles. The van der Waals surface area contributed by atoms with Gasteiger partial charge in [0.1, 0.15) is 5.82 Å². The third kappa shape index (κ3) is 2.81. The highest BCUT2D eigenvalue weighted by Gasteiger charge is 2.21. The Morgan fingerprint density at radius 3 is 2.67 bits per heavy atom. The van der Waals surface area contributed by atoms with Crippen LogP contribution in [-0.4, -0.2) is 34.8 Å². The van der Waals surface area contributed by atoms with Crippen molar-refractivity contribution in [3.05, 3.63) is 36.0 Å². The van der Waals surface area contributed by atoms with Crippen LogP contribution in [-0.2, 0) is 7.05 Å². The number of aromatic nitrogens is 2. The fraction of sp³-hybridized carbons (Fsp3) is 0.471. The van der Waals surface area contributed by atoms with Crippen LogP contribution in [0.15, 0.2) is 30.5 Å². The van der Waals surface area contributed by atoms with E-state index < -0.39 is 0 Å². The molecule has 1 aliphatic heterocycles. The molecule has 2 N–H and O–H groups in total. The molecule has 112 valence electrons. The number of rotatable bonds is 2. The summed E-state index contributed by atoms with van der Waals surface area (Å²) in [6, 6.07) is 8.67. The summed E-state index contributed by atoms with van der Waals surface area (Å²) in [5.41, 5.74) is 9.91. The molecule has 0 saturated carbocycles. The molecule has 0 amide bonds. The molecule has 0 spiro atoms. The van der Waals surface area contributed by atoms with Crippen LogP contribution in [0.1, 0.15) is 30.7 Å². The van der Waals surface area contributed by atoms with E-state index in [9.17, 15) is 0 Å². The first kappa shape index (κ1) is 14.1. The van der Waals surface area contributed by atoms with E-state index >= 15 is 0 Å². The Bertz CT molecular complexity index is 617. The number of likely N-dealkylation sites (tertiary alicyclic amines) is 1. The van der Waals surface area contributed by atoms with Crippen LogP contribution >= 0.6 is 0 Å². The van der Waals surface area contributed by atoms with Gasteiger partial charge in [-0.15, -0.1) is 0 Å². The Labute approximate surface area is 126 Å². The molecule has 1 aromatic carbocycles. The topological polar surface area (TPSA) is 47.1 Å². The third-order valence-corrected chi connectivity index (χ3v) is 4.63. The Morgan fingerprint density at radius 2 is 1.90 bits per heavy atom. The number of anilines is 1. The zero-order chi connectivity index (χ0) is 14.8. The molecule has 1 aromatic heterocycles. The average molecular weight is 284 g/mol. The molecule has 1 unspecified atom stereocenters. The molecule has 0 aliphatic carbocycles. The van der Waals surface area contributed by atoms with Crippen molar-refractivity contribution in [1.29, 1.82) is 0 Å². The highest BCUT2D eigenvalue weighted by molar-refractivity contribution is 5.76. The van der Waals surface area contributed by atoms with E-state index in [4.69, 9.17) is 5.73 Å². The van der Waals surface area contributed by atoms with Gasteiger partial charge in [-0.1, -0.05) is 24.3 Å². The van der Waals surface area contributed by atoms with Gasteiger partial charge >= 0.3 is 0 Å². The SMILES string of the molecule is CN1CCCC(c2ccccc2-c2cnn(C)c2N)CC1. The van der Waals surface area contributed by atoms with Crippen molar-refractivity contribution in [2.24, 2.45) is 7.05 Å². The number of hydrogen-bond donors (Lipinski definition) is 1. The minimum atomic E-state index is 0.616. The molecule has 1 saturated heterocycles. The molecule has 0 bridgehead atoms. The summed E-state index contributed by atoms with van der Waals surface area (Å²) in [7, 11) is 4.11. The zero-order valence-corrected chi connectivity index (χ0v) is 12.9. The Morgan fingerprint density at radius 1 is 1.10 bits per heavy atom. The van der Waals surface area contributed by atoms with E-state index in [1.165, 1.54) is 43.5 Å². The monoisotopic (exact) mass is 284 g/mol. The summed E-state index contributed by atoms with van der Waals surface area (Å²) in [6.45, 7) is 2.37. The fourth-order valence-corrected chi connectivity index (χ4v) is 3.30. The van der Waals surface area contributed by atoms with Crippen LogP contribution < -0.4 is 5.73 Å². The normalized spacial score (nSPS) is 20.4. The highest BCUT2D eigenvalue weighted by Crippen LogP contribution is 2.36. The third-order valence-electron chi connectivity index (χ3n) is 4.63. The maximum absolute atomic E-state index is 6.18. The molecule has 3 rings (SSSR count). The van der Waals surface area contributed by atoms with Crippen LogP contribution in [0.25, 0.3) is 11.1 Å². The van der Waals surface area contributed by atoms with Crippen LogP contribution in [0, 0.1) is 0 Å². The second kappa shape index (κ2) is 5.90. The van der Waals surface area contributed by atoms with Crippen molar-refractivity contribution in [2.45, 2.75) is 25.2 Å². The maximum Gasteiger partial charge on any atom is 0.129 e. The molecular weight excluding hydrogens is 260 g/mol. The summed E-state index contributed by atoms with van der Waals surface area (Å²) in [5.74, 6) is 1.36. The number of nitrogen functional groups attached to an aromatic ring is 1. The summed E-state index contributed by atoms with van der Waals surface area (Å²) in [4.78, 5) is 2.43. The summed E-state index contributed by atoms with van der Waals surface area (Å²) in [5, 5.41) is 4.29. The van der Waals surface area contributed by atoms with Crippen molar-refractivity contribution >= 4 is 5.82 Å². The summed E-state index contributed by atoms with van der Waals surface area (Å²) < 4.78 is 1.74. The van der Waals surface area contributed by atoms with Gasteiger partial charge in [0, 0.05) is 12.6 Å². The van der Waals surface area contributed by atoms with Crippen molar-refractivity contribution < 1.29 is 0 Å². The molecule has 1 aliphatic rings. The average Bonchev–Trinajstić information content (AvgIpc) is 2.70. The van der Waals surface area contributed by atoms with Gasteiger partial charge in [0.25, 0.3) is 0 Å². The summed E-state index contributed by atoms with van der Waals surface area (Å²) in [6.07, 6.45) is 5.62. The number of benzene rings is 1. The van der Waals surface area contributed by atoms with Crippen LogP contribution in [0.3, 0.4) is 0 Å². The molecule has 0 radical (unpaired) electrons. The van der Waals surface area contributed by atoms with E-state index in [0.717, 1.165) is 11.4 Å². The molecule has 2 aromatic rings. The van der Waals surface area contributed by atoms with E-state index in [1.54, 1.807) is 4.68 Å². The van der Waals surface area contributed by atoms with Crippen molar-refractivity contribution in [1.82, 2.24) is 14.7 Å².